The SMILES string of the molecule is Cn1ccnc1CCNC(c1ccccc1)c1ccc(F)cn1. The quantitative estimate of drug-likeness (QED) is 0.761. The number of halogens is 1. The number of pyridine rings is 1. The molecule has 0 aliphatic rings. The molecule has 0 saturated heterocycles. The van der Waals surface area contributed by atoms with Gasteiger partial charge in [-0.15, -0.1) is 0 Å². The Kier molecular flexibility index (Phi) is 4.78. The van der Waals surface area contributed by atoms with E-state index in [9.17, 15) is 4.39 Å². The van der Waals surface area contributed by atoms with Gasteiger partial charge in [0.1, 0.15) is 11.6 Å². The summed E-state index contributed by atoms with van der Waals surface area (Å²) in [5.74, 6) is 0.699. The van der Waals surface area contributed by atoms with Crippen LogP contribution >= 0.6 is 0 Å². The summed E-state index contributed by atoms with van der Waals surface area (Å²) in [6.07, 6.45) is 5.80. The van der Waals surface area contributed by atoms with E-state index >= 15 is 0 Å². The molecule has 0 bridgehead atoms. The monoisotopic (exact) mass is 310 g/mol. The van der Waals surface area contributed by atoms with Crippen molar-refractivity contribution in [1.29, 1.82) is 0 Å². The number of rotatable bonds is 6. The van der Waals surface area contributed by atoms with Gasteiger partial charge in [-0.2, -0.15) is 0 Å². The minimum atomic E-state index is -0.325. The van der Waals surface area contributed by atoms with E-state index in [1.165, 1.54) is 12.3 Å². The fraction of sp³-hybridized carbons (Fsp3) is 0.222. The average molecular weight is 310 g/mol. The molecule has 5 heteroatoms. The first-order valence-corrected chi connectivity index (χ1v) is 7.60. The lowest BCUT2D eigenvalue weighted by Gasteiger charge is -2.19. The first-order chi connectivity index (χ1) is 11.2. The van der Waals surface area contributed by atoms with Crippen molar-refractivity contribution < 1.29 is 4.39 Å². The fourth-order valence-corrected chi connectivity index (χ4v) is 2.56. The van der Waals surface area contributed by atoms with Gasteiger partial charge in [0.25, 0.3) is 0 Å². The van der Waals surface area contributed by atoms with Crippen molar-refractivity contribution in [2.45, 2.75) is 12.5 Å². The zero-order valence-electron chi connectivity index (χ0n) is 13.0. The summed E-state index contributed by atoms with van der Waals surface area (Å²) in [5, 5.41) is 3.50. The lowest BCUT2D eigenvalue weighted by molar-refractivity contribution is 0.571. The summed E-state index contributed by atoms with van der Waals surface area (Å²) >= 11 is 0. The molecule has 3 rings (SSSR count). The van der Waals surface area contributed by atoms with E-state index in [0.717, 1.165) is 30.0 Å². The standard InChI is InChI=1S/C18H19FN4/c1-23-12-11-20-17(23)9-10-21-18(14-5-3-2-4-6-14)16-8-7-15(19)13-22-16/h2-8,11-13,18,21H,9-10H2,1H3. The molecular formula is C18H19FN4. The van der Waals surface area contributed by atoms with Crippen LogP contribution in [0.5, 0.6) is 0 Å². The molecule has 0 saturated carbocycles. The summed E-state index contributed by atoms with van der Waals surface area (Å²) in [4.78, 5) is 8.56. The number of aryl methyl sites for hydroxylation is 1. The van der Waals surface area contributed by atoms with Crippen molar-refractivity contribution in [3.8, 4) is 0 Å². The van der Waals surface area contributed by atoms with Gasteiger partial charge < -0.3 is 9.88 Å². The molecule has 0 radical (unpaired) electrons. The van der Waals surface area contributed by atoms with Crippen LogP contribution in [-0.4, -0.2) is 21.1 Å². The highest BCUT2D eigenvalue weighted by atomic mass is 19.1. The molecule has 23 heavy (non-hydrogen) atoms. The maximum atomic E-state index is 13.1. The van der Waals surface area contributed by atoms with Crippen molar-refractivity contribution in [2.24, 2.45) is 7.05 Å². The van der Waals surface area contributed by atoms with Gasteiger partial charge in [-0.1, -0.05) is 30.3 Å². The molecule has 4 nitrogen and oxygen atoms in total. The van der Waals surface area contributed by atoms with Crippen LogP contribution in [0.1, 0.15) is 23.1 Å². The fourth-order valence-electron chi connectivity index (χ4n) is 2.56. The zero-order valence-corrected chi connectivity index (χ0v) is 13.0. The second kappa shape index (κ2) is 7.15. The number of nitrogens with one attached hydrogen (secondary N) is 1. The van der Waals surface area contributed by atoms with Crippen molar-refractivity contribution in [2.75, 3.05) is 6.54 Å². The van der Waals surface area contributed by atoms with Gasteiger partial charge in [-0.25, -0.2) is 9.37 Å². The molecule has 118 valence electrons. The summed E-state index contributed by atoms with van der Waals surface area (Å²) in [7, 11) is 1.98. The number of nitrogens with zero attached hydrogens (tertiary/aromatic N) is 3. The van der Waals surface area contributed by atoms with Gasteiger partial charge in [-0.05, 0) is 17.7 Å². The molecular weight excluding hydrogens is 291 g/mol. The molecule has 0 fully saturated rings. The first-order valence-electron chi connectivity index (χ1n) is 7.60. The average Bonchev–Trinajstić information content (AvgIpc) is 2.99. The number of benzene rings is 1. The molecule has 1 aromatic carbocycles. The highest BCUT2D eigenvalue weighted by Gasteiger charge is 2.15. The molecule has 1 N–H and O–H groups in total. The van der Waals surface area contributed by atoms with Crippen LogP contribution in [0.15, 0.2) is 61.1 Å². The number of hydrogen-bond donors (Lipinski definition) is 1. The molecule has 0 amide bonds. The normalized spacial score (nSPS) is 12.3. The van der Waals surface area contributed by atoms with Gasteiger partial charge >= 0.3 is 0 Å². The molecule has 1 atom stereocenters. The van der Waals surface area contributed by atoms with E-state index in [0.29, 0.717) is 0 Å². The number of aromatic nitrogens is 3. The largest absolute Gasteiger partial charge is 0.338 e. The van der Waals surface area contributed by atoms with Gasteiger partial charge in [0, 0.05) is 32.4 Å². The van der Waals surface area contributed by atoms with Crippen LogP contribution in [0.3, 0.4) is 0 Å². The van der Waals surface area contributed by atoms with Crippen LogP contribution in [0.4, 0.5) is 4.39 Å². The highest BCUT2D eigenvalue weighted by Crippen LogP contribution is 2.20. The Balaban J connectivity index is 1.75. The van der Waals surface area contributed by atoms with Crippen LogP contribution in [-0.2, 0) is 13.5 Å². The van der Waals surface area contributed by atoms with Crippen LogP contribution in [0.25, 0.3) is 0 Å². The third-order valence-corrected chi connectivity index (χ3v) is 3.80. The van der Waals surface area contributed by atoms with E-state index in [4.69, 9.17) is 0 Å². The lowest BCUT2D eigenvalue weighted by Crippen LogP contribution is -2.26. The van der Waals surface area contributed by atoms with Crippen LogP contribution in [0.2, 0.25) is 0 Å². The maximum absolute atomic E-state index is 13.1. The summed E-state index contributed by atoms with van der Waals surface area (Å²) in [6, 6.07) is 13.1. The second-order valence-electron chi connectivity index (χ2n) is 5.40. The Labute approximate surface area is 135 Å². The Morgan fingerprint density at radius 2 is 1.96 bits per heavy atom. The first kappa shape index (κ1) is 15.4. The third kappa shape index (κ3) is 3.81. The van der Waals surface area contributed by atoms with E-state index in [-0.39, 0.29) is 11.9 Å². The predicted octanol–water partition coefficient (Wildman–Crippen LogP) is 2.88. The van der Waals surface area contributed by atoms with Gasteiger partial charge in [0.05, 0.1) is 17.9 Å². The van der Waals surface area contributed by atoms with Crippen LogP contribution in [0, 0.1) is 5.82 Å². The molecule has 2 heterocycles. The van der Waals surface area contributed by atoms with Crippen molar-refractivity contribution in [3.63, 3.8) is 0 Å². The minimum Gasteiger partial charge on any atom is -0.338 e. The summed E-state index contributed by atoms with van der Waals surface area (Å²) < 4.78 is 15.2. The van der Waals surface area contributed by atoms with E-state index in [1.54, 1.807) is 12.3 Å². The summed E-state index contributed by atoms with van der Waals surface area (Å²) in [5.41, 5.74) is 1.91. The Morgan fingerprint density at radius 1 is 1.13 bits per heavy atom. The highest BCUT2D eigenvalue weighted by molar-refractivity contribution is 5.27. The van der Waals surface area contributed by atoms with Crippen molar-refractivity contribution in [1.82, 2.24) is 19.9 Å². The smallest absolute Gasteiger partial charge is 0.141 e. The van der Waals surface area contributed by atoms with Crippen molar-refractivity contribution in [3.05, 3.63) is 84.0 Å². The Hall–Kier alpha value is -2.53. The second-order valence-corrected chi connectivity index (χ2v) is 5.40. The topological polar surface area (TPSA) is 42.7 Å². The van der Waals surface area contributed by atoms with Crippen LogP contribution < -0.4 is 5.32 Å². The molecule has 0 aliphatic heterocycles. The Morgan fingerprint density at radius 3 is 2.61 bits per heavy atom. The van der Waals surface area contributed by atoms with Gasteiger partial charge in [0.2, 0.25) is 0 Å². The molecule has 3 aromatic rings. The zero-order chi connectivity index (χ0) is 16.1. The van der Waals surface area contributed by atoms with E-state index in [2.05, 4.69) is 15.3 Å². The minimum absolute atomic E-state index is 0.0722. The third-order valence-electron chi connectivity index (χ3n) is 3.80. The maximum Gasteiger partial charge on any atom is 0.141 e. The molecule has 0 aliphatic carbocycles. The summed E-state index contributed by atoms with van der Waals surface area (Å²) in [6.45, 7) is 0.753. The molecule has 0 spiro atoms. The number of hydrogen-bond acceptors (Lipinski definition) is 3. The van der Waals surface area contributed by atoms with Gasteiger partial charge in [0.15, 0.2) is 0 Å². The van der Waals surface area contributed by atoms with E-state index < -0.39 is 0 Å². The number of imidazole rings is 1. The Bertz CT molecular complexity index is 737. The van der Waals surface area contributed by atoms with Crippen molar-refractivity contribution >= 4 is 0 Å². The predicted molar refractivity (Wildman–Crippen MR) is 87.4 cm³/mol. The van der Waals surface area contributed by atoms with E-state index in [1.807, 2.05) is 48.1 Å². The molecule has 2 aromatic heterocycles. The lowest BCUT2D eigenvalue weighted by atomic mass is 10.0. The molecule has 1 unspecified atom stereocenters. The van der Waals surface area contributed by atoms with Gasteiger partial charge in [-0.3, -0.25) is 4.98 Å².